The first kappa shape index (κ1) is 13.8. The Balaban J connectivity index is 1.45. The van der Waals surface area contributed by atoms with Gasteiger partial charge in [-0.25, -0.2) is 4.98 Å². The summed E-state index contributed by atoms with van der Waals surface area (Å²) < 4.78 is 7.80. The molecule has 0 aliphatic carbocycles. The van der Waals surface area contributed by atoms with Crippen LogP contribution in [-0.2, 0) is 0 Å². The molecule has 1 fully saturated rings. The summed E-state index contributed by atoms with van der Waals surface area (Å²) in [5, 5.41) is 0. The van der Waals surface area contributed by atoms with Crippen LogP contribution >= 0.6 is 0 Å². The Morgan fingerprint density at radius 3 is 2.96 bits per heavy atom. The molecular formula is C18H17N3O2. The van der Waals surface area contributed by atoms with Crippen LogP contribution < -0.4 is 4.74 Å². The molecule has 23 heavy (non-hydrogen) atoms. The molecule has 0 radical (unpaired) electrons. The van der Waals surface area contributed by atoms with Crippen LogP contribution in [0.25, 0.3) is 5.52 Å². The molecule has 0 spiro atoms. The number of likely N-dealkylation sites (tertiary alicyclic amines) is 1. The Hall–Kier alpha value is -2.82. The van der Waals surface area contributed by atoms with Gasteiger partial charge in [0.15, 0.2) is 0 Å². The lowest BCUT2D eigenvalue weighted by Crippen LogP contribution is -2.30. The van der Waals surface area contributed by atoms with E-state index >= 15 is 0 Å². The first-order chi connectivity index (χ1) is 11.3. The van der Waals surface area contributed by atoms with Gasteiger partial charge in [-0.1, -0.05) is 12.1 Å². The zero-order chi connectivity index (χ0) is 15.6. The van der Waals surface area contributed by atoms with Gasteiger partial charge in [-0.15, -0.1) is 0 Å². The molecule has 0 saturated carbocycles. The average Bonchev–Trinajstić information content (AvgIpc) is 3.21. The van der Waals surface area contributed by atoms with Crippen molar-refractivity contribution in [3.05, 3.63) is 66.6 Å². The van der Waals surface area contributed by atoms with Gasteiger partial charge in [0.05, 0.1) is 12.1 Å². The van der Waals surface area contributed by atoms with Crippen LogP contribution in [0.4, 0.5) is 0 Å². The zero-order valence-corrected chi connectivity index (χ0v) is 12.6. The number of hydrogen-bond donors (Lipinski definition) is 0. The lowest BCUT2D eigenvalue weighted by molar-refractivity contribution is 0.0771. The fraction of sp³-hybridized carbons (Fsp3) is 0.222. The van der Waals surface area contributed by atoms with Gasteiger partial charge in [0.25, 0.3) is 5.91 Å². The maximum atomic E-state index is 12.7. The van der Waals surface area contributed by atoms with Crippen molar-refractivity contribution in [2.75, 3.05) is 13.1 Å². The Bertz CT molecular complexity index is 795. The Labute approximate surface area is 134 Å². The van der Waals surface area contributed by atoms with Crippen LogP contribution in [-0.4, -0.2) is 39.4 Å². The lowest BCUT2D eigenvalue weighted by atomic mass is 10.3. The molecule has 5 heteroatoms. The number of nitrogens with zero attached hydrogens (tertiary/aromatic N) is 3. The zero-order valence-electron chi connectivity index (χ0n) is 12.6. The molecule has 1 amide bonds. The maximum absolute atomic E-state index is 12.7. The van der Waals surface area contributed by atoms with E-state index in [2.05, 4.69) is 4.98 Å². The second-order valence-corrected chi connectivity index (χ2v) is 5.71. The fourth-order valence-corrected chi connectivity index (χ4v) is 2.95. The first-order valence-electron chi connectivity index (χ1n) is 7.73. The highest BCUT2D eigenvalue weighted by Crippen LogP contribution is 2.19. The van der Waals surface area contributed by atoms with Crippen LogP contribution in [0.3, 0.4) is 0 Å². The van der Waals surface area contributed by atoms with E-state index in [1.165, 1.54) is 0 Å². The van der Waals surface area contributed by atoms with Crippen LogP contribution in [0.5, 0.6) is 5.88 Å². The largest absolute Gasteiger partial charge is 0.472 e. The van der Waals surface area contributed by atoms with E-state index in [1.807, 2.05) is 64.2 Å². The number of fused-ring (bicyclic) bond motifs is 1. The molecule has 5 nitrogen and oxygen atoms in total. The molecule has 1 atom stereocenters. The van der Waals surface area contributed by atoms with Crippen molar-refractivity contribution in [1.29, 1.82) is 0 Å². The summed E-state index contributed by atoms with van der Waals surface area (Å²) in [6, 6.07) is 13.4. The number of carbonyl (C=O) groups excluding carboxylic acids is 1. The molecule has 3 aromatic rings. The standard InChI is InChI=1S/C18H17N3O2/c22-18(14-11-15-5-2-4-9-20(15)12-14)21-10-7-16(13-21)23-17-6-1-3-8-19-17/h1-6,8-9,11-12,16H,7,10,13H2. The number of aromatic nitrogens is 2. The first-order valence-corrected chi connectivity index (χ1v) is 7.73. The van der Waals surface area contributed by atoms with Gasteiger partial charge in [0, 0.05) is 43.1 Å². The summed E-state index contributed by atoms with van der Waals surface area (Å²) in [4.78, 5) is 18.7. The predicted molar refractivity (Wildman–Crippen MR) is 86.6 cm³/mol. The summed E-state index contributed by atoms with van der Waals surface area (Å²) >= 11 is 0. The van der Waals surface area contributed by atoms with E-state index in [0.29, 0.717) is 19.0 Å². The van der Waals surface area contributed by atoms with E-state index in [1.54, 1.807) is 6.20 Å². The number of hydrogen-bond acceptors (Lipinski definition) is 3. The van der Waals surface area contributed by atoms with E-state index in [-0.39, 0.29) is 12.0 Å². The number of carbonyl (C=O) groups is 1. The van der Waals surface area contributed by atoms with Crippen molar-refractivity contribution in [2.24, 2.45) is 0 Å². The third-order valence-corrected chi connectivity index (χ3v) is 4.11. The molecule has 1 aliphatic rings. The van der Waals surface area contributed by atoms with E-state index in [4.69, 9.17) is 4.74 Å². The highest BCUT2D eigenvalue weighted by atomic mass is 16.5. The highest BCUT2D eigenvalue weighted by Gasteiger charge is 2.29. The van der Waals surface area contributed by atoms with Crippen LogP contribution in [0.1, 0.15) is 16.8 Å². The van der Waals surface area contributed by atoms with Crippen LogP contribution in [0.15, 0.2) is 61.1 Å². The van der Waals surface area contributed by atoms with Crippen LogP contribution in [0, 0.1) is 0 Å². The average molecular weight is 307 g/mol. The number of amides is 1. The maximum Gasteiger partial charge on any atom is 0.255 e. The van der Waals surface area contributed by atoms with Gasteiger partial charge in [0.1, 0.15) is 6.10 Å². The fourth-order valence-electron chi connectivity index (χ4n) is 2.95. The molecule has 116 valence electrons. The number of rotatable bonds is 3. The van der Waals surface area contributed by atoms with Crippen molar-refractivity contribution >= 4 is 11.4 Å². The number of pyridine rings is 2. The summed E-state index contributed by atoms with van der Waals surface area (Å²) in [7, 11) is 0. The normalized spacial score (nSPS) is 17.6. The van der Waals surface area contributed by atoms with E-state index in [0.717, 1.165) is 17.5 Å². The van der Waals surface area contributed by atoms with Crippen LogP contribution in [0.2, 0.25) is 0 Å². The Morgan fingerprint density at radius 2 is 2.13 bits per heavy atom. The molecule has 0 N–H and O–H groups in total. The smallest absolute Gasteiger partial charge is 0.255 e. The second kappa shape index (κ2) is 5.76. The third kappa shape index (κ3) is 2.77. The molecule has 1 saturated heterocycles. The second-order valence-electron chi connectivity index (χ2n) is 5.71. The van der Waals surface area contributed by atoms with Crippen molar-refractivity contribution in [3.8, 4) is 5.88 Å². The minimum Gasteiger partial charge on any atom is -0.472 e. The molecule has 3 aromatic heterocycles. The van der Waals surface area contributed by atoms with Gasteiger partial charge in [-0.05, 0) is 24.3 Å². The van der Waals surface area contributed by atoms with Gasteiger partial charge in [0.2, 0.25) is 5.88 Å². The lowest BCUT2D eigenvalue weighted by Gasteiger charge is -2.16. The summed E-state index contributed by atoms with van der Waals surface area (Å²) in [5.74, 6) is 0.669. The Morgan fingerprint density at radius 1 is 1.22 bits per heavy atom. The minimum atomic E-state index is 0.00545. The SMILES string of the molecule is O=C(c1cc2ccccn2c1)N1CCC(Oc2ccccn2)C1. The molecule has 4 heterocycles. The minimum absolute atomic E-state index is 0.00545. The molecule has 0 aromatic carbocycles. The number of ether oxygens (including phenoxy) is 1. The quantitative estimate of drug-likeness (QED) is 0.747. The van der Waals surface area contributed by atoms with E-state index in [9.17, 15) is 4.79 Å². The Kier molecular flexibility index (Phi) is 3.46. The highest BCUT2D eigenvalue weighted by molar-refractivity contribution is 5.95. The van der Waals surface area contributed by atoms with E-state index < -0.39 is 0 Å². The molecule has 0 bridgehead atoms. The molecule has 1 aliphatic heterocycles. The van der Waals surface area contributed by atoms with Gasteiger partial charge >= 0.3 is 0 Å². The van der Waals surface area contributed by atoms with Gasteiger partial charge < -0.3 is 14.0 Å². The third-order valence-electron chi connectivity index (χ3n) is 4.11. The van der Waals surface area contributed by atoms with Crippen molar-refractivity contribution < 1.29 is 9.53 Å². The van der Waals surface area contributed by atoms with Gasteiger partial charge in [-0.2, -0.15) is 0 Å². The summed E-state index contributed by atoms with van der Waals surface area (Å²) in [6.45, 7) is 1.31. The topological polar surface area (TPSA) is 46.8 Å². The molecule has 4 rings (SSSR count). The van der Waals surface area contributed by atoms with Crippen molar-refractivity contribution in [2.45, 2.75) is 12.5 Å². The predicted octanol–water partition coefficient (Wildman–Crippen LogP) is 2.63. The van der Waals surface area contributed by atoms with Crippen molar-refractivity contribution in [3.63, 3.8) is 0 Å². The molecule has 1 unspecified atom stereocenters. The summed E-state index contributed by atoms with van der Waals surface area (Å²) in [5.41, 5.74) is 1.74. The van der Waals surface area contributed by atoms with Gasteiger partial charge in [-0.3, -0.25) is 4.79 Å². The molecular weight excluding hydrogens is 290 g/mol. The summed E-state index contributed by atoms with van der Waals surface area (Å²) in [6.07, 6.45) is 6.37. The monoisotopic (exact) mass is 307 g/mol. The van der Waals surface area contributed by atoms with Crippen molar-refractivity contribution in [1.82, 2.24) is 14.3 Å².